The number of nitrogens with two attached hydrogens (primary N) is 1. The summed E-state index contributed by atoms with van der Waals surface area (Å²) in [7, 11) is 0. The number of anilines is 1. The minimum Gasteiger partial charge on any atom is -0.508 e. The molecule has 1 fully saturated rings. The number of phenolic OH excluding ortho intramolecular Hbond substituents is 1. The SMILES string of the molecule is CC(C)(C)OC(=O)Nc1ccc(O)cc1CC1(N)CC1. The number of phenols is 1. The number of aromatic hydroxyl groups is 1. The molecule has 1 amide bonds. The highest BCUT2D eigenvalue weighted by Crippen LogP contribution is 2.38. The van der Waals surface area contributed by atoms with E-state index in [4.69, 9.17) is 10.5 Å². The van der Waals surface area contributed by atoms with Crippen molar-refractivity contribution in [1.29, 1.82) is 0 Å². The Morgan fingerprint density at radius 2 is 2.10 bits per heavy atom. The molecule has 2 rings (SSSR count). The van der Waals surface area contributed by atoms with Crippen molar-refractivity contribution in [3.63, 3.8) is 0 Å². The van der Waals surface area contributed by atoms with Gasteiger partial charge in [-0.25, -0.2) is 4.79 Å². The lowest BCUT2D eigenvalue weighted by Gasteiger charge is -2.21. The third kappa shape index (κ3) is 4.13. The van der Waals surface area contributed by atoms with E-state index in [1.165, 1.54) is 6.07 Å². The van der Waals surface area contributed by atoms with Crippen LogP contribution in [-0.2, 0) is 11.2 Å². The maximum absolute atomic E-state index is 11.8. The lowest BCUT2D eigenvalue weighted by Crippen LogP contribution is -2.28. The van der Waals surface area contributed by atoms with E-state index in [-0.39, 0.29) is 11.3 Å². The standard InChI is InChI=1S/C15H22N2O3/c1-14(2,3)20-13(19)17-12-5-4-11(18)8-10(12)9-15(16)6-7-15/h4-5,8,18H,6-7,9,16H2,1-3H3,(H,17,19). The van der Waals surface area contributed by atoms with Crippen LogP contribution in [0.2, 0.25) is 0 Å². The Kier molecular flexibility index (Phi) is 3.65. The molecule has 1 saturated carbocycles. The Morgan fingerprint density at radius 3 is 2.65 bits per heavy atom. The van der Waals surface area contributed by atoms with Gasteiger partial charge in [-0.3, -0.25) is 5.32 Å². The predicted molar refractivity (Wildman–Crippen MR) is 77.8 cm³/mol. The maximum atomic E-state index is 11.8. The van der Waals surface area contributed by atoms with E-state index in [0.29, 0.717) is 12.1 Å². The van der Waals surface area contributed by atoms with E-state index in [1.807, 2.05) is 20.8 Å². The smallest absolute Gasteiger partial charge is 0.412 e. The molecule has 20 heavy (non-hydrogen) atoms. The van der Waals surface area contributed by atoms with E-state index in [2.05, 4.69) is 5.32 Å². The van der Waals surface area contributed by atoms with Crippen LogP contribution in [0.15, 0.2) is 18.2 Å². The van der Waals surface area contributed by atoms with E-state index < -0.39 is 11.7 Å². The average Bonchev–Trinajstić information content (AvgIpc) is 2.97. The number of hydrogen-bond donors (Lipinski definition) is 3. The van der Waals surface area contributed by atoms with Crippen LogP contribution in [0.5, 0.6) is 5.75 Å². The molecule has 0 radical (unpaired) electrons. The summed E-state index contributed by atoms with van der Waals surface area (Å²) in [6.45, 7) is 5.43. The average molecular weight is 278 g/mol. The zero-order valence-electron chi connectivity index (χ0n) is 12.2. The van der Waals surface area contributed by atoms with Gasteiger partial charge in [-0.05, 0) is 63.8 Å². The number of ether oxygens (including phenoxy) is 1. The molecule has 0 unspecified atom stereocenters. The third-order valence-corrected chi connectivity index (χ3v) is 3.16. The predicted octanol–water partition coefficient (Wildman–Crippen LogP) is 2.77. The molecule has 0 aliphatic heterocycles. The third-order valence-electron chi connectivity index (χ3n) is 3.16. The van der Waals surface area contributed by atoms with E-state index in [0.717, 1.165) is 18.4 Å². The molecule has 1 aliphatic rings. The fourth-order valence-corrected chi connectivity index (χ4v) is 1.98. The number of carbonyl (C=O) groups is 1. The largest absolute Gasteiger partial charge is 0.508 e. The van der Waals surface area contributed by atoms with E-state index >= 15 is 0 Å². The second-order valence-electron chi connectivity index (χ2n) is 6.51. The van der Waals surface area contributed by atoms with Crippen molar-refractivity contribution in [2.24, 2.45) is 5.73 Å². The number of benzene rings is 1. The number of amides is 1. The quantitative estimate of drug-likeness (QED) is 0.742. The van der Waals surface area contributed by atoms with Crippen LogP contribution in [0.4, 0.5) is 10.5 Å². The van der Waals surface area contributed by atoms with Crippen molar-refractivity contribution in [2.45, 2.75) is 51.2 Å². The highest BCUT2D eigenvalue weighted by Gasteiger charge is 2.38. The summed E-state index contributed by atoms with van der Waals surface area (Å²) in [4.78, 5) is 11.8. The molecule has 0 spiro atoms. The van der Waals surface area contributed by atoms with Crippen LogP contribution in [0, 0.1) is 0 Å². The molecule has 0 atom stereocenters. The van der Waals surface area contributed by atoms with Crippen molar-refractivity contribution in [2.75, 3.05) is 5.32 Å². The molecule has 0 saturated heterocycles. The minimum absolute atomic E-state index is 0.166. The molecule has 1 aliphatic carbocycles. The molecule has 1 aromatic rings. The normalized spacial score (nSPS) is 16.6. The molecular formula is C15H22N2O3. The minimum atomic E-state index is -0.549. The highest BCUT2D eigenvalue weighted by atomic mass is 16.6. The molecular weight excluding hydrogens is 256 g/mol. The molecule has 4 N–H and O–H groups in total. The van der Waals surface area contributed by atoms with Gasteiger partial charge in [0.05, 0.1) is 0 Å². The van der Waals surface area contributed by atoms with Gasteiger partial charge in [-0.2, -0.15) is 0 Å². The Morgan fingerprint density at radius 1 is 1.45 bits per heavy atom. The zero-order valence-corrected chi connectivity index (χ0v) is 12.2. The number of hydrogen-bond acceptors (Lipinski definition) is 4. The van der Waals surface area contributed by atoms with Crippen LogP contribution in [0.3, 0.4) is 0 Å². The van der Waals surface area contributed by atoms with Crippen LogP contribution in [0.1, 0.15) is 39.2 Å². The number of rotatable bonds is 3. The lowest BCUT2D eigenvalue weighted by atomic mass is 10.0. The van der Waals surface area contributed by atoms with Gasteiger partial charge >= 0.3 is 6.09 Å². The Labute approximate surface area is 119 Å². The van der Waals surface area contributed by atoms with Crippen LogP contribution >= 0.6 is 0 Å². The molecule has 0 bridgehead atoms. The molecule has 5 nitrogen and oxygen atoms in total. The van der Waals surface area contributed by atoms with Gasteiger partial charge in [-0.1, -0.05) is 0 Å². The molecule has 1 aromatic carbocycles. The second kappa shape index (κ2) is 4.98. The van der Waals surface area contributed by atoms with Crippen molar-refractivity contribution < 1.29 is 14.6 Å². The topological polar surface area (TPSA) is 84.6 Å². The van der Waals surface area contributed by atoms with Gasteiger partial charge < -0.3 is 15.6 Å². The summed E-state index contributed by atoms with van der Waals surface area (Å²) < 4.78 is 5.23. The van der Waals surface area contributed by atoms with E-state index in [1.54, 1.807) is 12.1 Å². The first-order valence-corrected chi connectivity index (χ1v) is 6.78. The van der Waals surface area contributed by atoms with Crippen molar-refractivity contribution >= 4 is 11.8 Å². The summed E-state index contributed by atoms with van der Waals surface area (Å²) in [6.07, 6.45) is 2.06. The van der Waals surface area contributed by atoms with Gasteiger partial charge in [0, 0.05) is 11.2 Å². The first-order valence-electron chi connectivity index (χ1n) is 6.78. The summed E-state index contributed by atoms with van der Waals surface area (Å²) in [6, 6.07) is 4.84. The zero-order chi connectivity index (χ0) is 15.0. The Bertz CT molecular complexity index is 516. The van der Waals surface area contributed by atoms with Crippen molar-refractivity contribution in [3.05, 3.63) is 23.8 Å². The molecule has 0 aromatic heterocycles. The Hall–Kier alpha value is -1.75. The van der Waals surface area contributed by atoms with Crippen molar-refractivity contribution in [3.8, 4) is 5.75 Å². The lowest BCUT2D eigenvalue weighted by molar-refractivity contribution is 0.0635. The van der Waals surface area contributed by atoms with Crippen molar-refractivity contribution in [1.82, 2.24) is 0 Å². The maximum Gasteiger partial charge on any atom is 0.412 e. The Balaban J connectivity index is 2.12. The van der Waals surface area contributed by atoms with Gasteiger partial charge in [0.1, 0.15) is 11.4 Å². The molecule has 110 valence electrons. The number of carbonyl (C=O) groups excluding carboxylic acids is 1. The molecule has 5 heteroatoms. The number of nitrogens with one attached hydrogen (secondary N) is 1. The summed E-state index contributed by atoms with van der Waals surface area (Å²) in [5.74, 6) is 0.166. The molecule has 0 heterocycles. The fraction of sp³-hybridized carbons (Fsp3) is 0.533. The van der Waals surface area contributed by atoms with Gasteiger partial charge in [-0.15, -0.1) is 0 Å². The van der Waals surface area contributed by atoms with Gasteiger partial charge in [0.25, 0.3) is 0 Å². The van der Waals surface area contributed by atoms with Crippen LogP contribution in [-0.4, -0.2) is 22.3 Å². The first kappa shape index (κ1) is 14.7. The van der Waals surface area contributed by atoms with Gasteiger partial charge in [0.15, 0.2) is 0 Å². The van der Waals surface area contributed by atoms with Crippen LogP contribution < -0.4 is 11.1 Å². The first-order chi connectivity index (χ1) is 9.17. The fourth-order valence-electron chi connectivity index (χ4n) is 1.98. The van der Waals surface area contributed by atoms with Crippen LogP contribution in [0.25, 0.3) is 0 Å². The second-order valence-corrected chi connectivity index (χ2v) is 6.51. The summed E-state index contributed by atoms with van der Waals surface area (Å²) in [5.41, 5.74) is 6.82. The van der Waals surface area contributed by atoms with E-state index in [9.17, 15) is 9.90 Å². The van der Waals surface area contributed by atoms with Gasteiger partial charge in [0.2, 0.25) is 0 Å². The summed E-state index contributed by atoms with van der Waals surface area (Å²) >= 11 is 0. The monoisotopic (exact) mass is 278 g/mol. The highest BCUT2D eigenvalue weighted by molar-refractivity contribution is 5.86. The summed E-state index contributed by atoms with van der Waals surface area (Å²) in [5, 5.41) is 12.3.